The summed E-state index contributed by atoms with van der Waals surface area (Å²) in [6.45, 7) is 0. The molecule has 0 radical (unpaired) electrons. The van der Waals surface area contributed by atoms with E-state index >= 15 is 0 Å². The Labute approximate surface area is 109 Å². The molecule has 1 aliphatic rings. The van der Waals surface area contributed by atoms with Crippen LogP contribution in [0.2, 0.25) is 0 Å². The molecule has 1 N–H and O–H groups in total. The minimum atomic E-state index is -4.04. The van der Waals surface area contributed by atoms with E-state index in [1.165, 1.54) is 18.2 Å². The number of hydrogen-bond donors (Lipinski definition) is 1. The quantitative estimate of drug-likeness (QED) is 0.839. The third-order valence-corrected chi connectivity index (χ3v) is 3.01. The van der Waals surface area contributed by atoms with Crippen LogP contribution in [0.25, 0.3) is 0 Å². The van der Waals surface area contributed by atoms with E-state index in [9.17, 15) is 26.7 Å². The molecule has 0 aromatic heterocycles. The van der Waals surface area contributed by atoms with Crippen molar-refractivity contribution in [2.24, 2.45) is 0 Å². The van der Waals surface area contributed by atoms with Gasteiger partial charge in [-0.25, -0.2) is 26.7 Å². The maximum absolute atomic E-state index is 14.4. The summed E-state index contributed by atoms with van der Waals surface area (Å²) in [5.41, 5.74) is -4.36. The number of alkyl halides is 1. The van der Waals surface area contributed by atoms with E-state index in [1.54, 1.807) is 0 Å². The zero-order chi connectivity index (χ0) is 15.1. The lowest BCUT2D eigenvalue weighted by atomic mass is 9.78. The molecule has 0 aliphatic heterocycles. The van der Waals surface area contributed by atoms with Gasteiger partial charge in [0.25, 0.3) is 5.67 Å². The molecule has 2 atom stereocenters. The van der Waals surface area contributed by atoms with E-state index in [0.29, 0.717) is 0 Å². The van der Waals surface area contributed by atoms with Crippen LogP contribution in [0.5, 0.6) is 0 Å². The van der Waals surface area contributed by atoms with Gasteiger partial charge in [0.1, 0.15) is 0 Å². The van der Waals surface area contributed by atoms with Crippen molar-refractivity contribution in [1.82, 2.24) is 0 Å². The van der Waals surface area contributed by atoms with Gasteiger partial charge in [-0.15, -0.1) is 0 Å². The molecule has 0 heterocycles. The minimum Gasteiger partial charge on any atom is -0.479 e. The molecule has 1 aliphatic carbocycles. The Balaban J connectivity index is 2.73. The Morgan fingerprint density at radius 1 is 1.05 bits per heavy atom. The molecule has 0 spiro atoms. The zero-order valence-electron chi connectivity index (χ0n) is 9.71. The first kappa shape index (κ1) is 14.2. The van der Waals surface area contributed by atoms with Crippen molar-refractivity contribution in [3.05, 3.63) is 59.2 Å². The number of hydrogen-bond acceptors (Lipinski definition) is 1. The first-order chi connectivity index (χ1) is 9.31. The molecule has 2 nitrogen and oxygen atoms in total. The second kappa shape index (κ2) is 4.73. The molecule has 20 heavy (non-hydrogen) atoms. The summed E-state index contributed by atoms with van der Waals surface area (Å²) >= 11 is 0. The van der Waals surface area contributed by atoms with Crippen LogP contribution in [-0.2, 0) is 4.79 Å². The molecule has 1 aromatic rings. The second-order valence-electron chi connectivity index (χ2n) is 4.15. The Morgan fingerprint density at radius 3 is 2.10 bits per heavy atom. The lowest BCUT2D eigenvalue weighted by molar-refractivity contribution is -0.151. The van der Waals surface area contributed by atoms with Gasteiger partial charge in [-0.2, -0.15) is 0 Å². The number of carboxylic acids is 1. The van der Waals surface area contributed by atoms with E-state index in [0.717, 1.165) is 12.1 Å². The summed E-state index contributed by atoms with van der Waals surface area (Å²) in [6, 6.07) is 6.24. The molecule has 0 fully saturated rings. The van der Waals surface area contributed by atoms with Crippen LogP contribution < -0.4 is 0 Å². The summed E-state index contributed by atoms with van der Waals surface area (Å²) in [5, 5.41) is 8.79. The molecule has 0 saturated heterocycles. The second-order valence-corrected chi connectivity index (χ2v) is 4.15. The van der Waals surface area contributed by atoms with E-state index in [1.807, 2.05) is 0 Å². The van der Waals surface area contributed by atoms with Gasteiger partial charge in [-0.1, -0.05) is 30.3 Å². The van der Waals surface area contributed by atoms with Crippen molar-refractivity contribution < 1.29 is 31.9 Å². The van der Waals surface area contributed by atoms with Crippen molar-refractivity contribution in [3.8, 4) is 0 Å². The van der Waals surface area contributed by atoms with Gasteiger partial charge in [0.15, 0.2) is 23.3 Å². The number of aliphatic carboxylic acids is 1. The molecule has 0 bridgehead atoms. The molecular weight excluding hydrogens is 283 g/mol. The first-order valence-electron chi connectivity index (χ1n) is 5.40. The Hall–Kier alpha value is -2.18. The van der Waals surface area contributed by atoms with Gasteiger partial charge in [0.05, 0.1) is 5.92 Å². The maximum atomic E-state index is 14.4. The molecular formula is C13H7F5O2. The van der Waals surface area contributed by atoms with Crippen LogP contribution in [0.3, 0.4) is 0 Å². The van der Waals surface area contributed by atoms with Crippen LogP contribution in [0.1, 0.15) is 11.5 Å². The van der Waals surface area contributed by atoms with Gasteiger partial charge in [0.2, 0.25) is 0 Å². The van der Waals surface area contributed by atoms with Crippen molar-refractivity contribution in [1.29, 1.82) is 0 Å². The first-order valence-corrected chi connectivity index (χ1v) is 5.40. The highest BCUT2D eigenvalue weighted by Crippen LogP contribution is 2.51. The lowest BCUT2D eigenvalue weighted by Crippen LogP contribution is -2.44. The molecule has 1 aromatic carbocycles. The molecule has 2 unspecified atom stereocenters. The third-order valence-electron chi connectivity index (χ3n) is 3.01. The molecule has 2 rings (SSSR count). The van der Waals surface area contributed by atoms with E-state index in [2.05, 4.69) is 0 Å². The summed E-state index contributed by atoms with van der Waals surface area (Å²) in [4.78, 5) is 10.9. The number of allylic oxidation sites excluding steroid dienone is 3. The molecule has 0 amide bonds. The monoisotopic (exact) mass is 290 g/mol. The third kappa shape index (κ3) is 1.81. The zero-order valence-corrected chi connectivity index (χ0v) is 9.71. The SMILES string of the molecule is O=C(O)C1(F)C(F)=C(F)C(F)=C(F)C1c1ccccc1. The number of rotatable bonds is 2. The highest BCUT2D eigenvalue weighted by Gasteiger charge is 2.59. The summed E-state index contributed by atoms with van der Waals surface area (Å²) in [6.07, 6.45) is 0. The standard InChI is InChI=1S/C13H7F5O2/c14-8-7(6-4-2-1-3-5-6)13(18,12(19)20)11(17)10(16)9(8)15/h1-5,7H,(H,19,20). The smallest absolute Gasteiger partial charge is 0.349 e. The molecule has 106 valence electrons. The predicted octanol–water partition coefficient (Wildman–Crippen LogP) is 3.88. The largest absolute Gasteiger partial charge is 0.479 e. The van der Waals surface area contributed by atoms with Crippen molar-refractivity contribution >= 4 is 5.97 Å². The van der Waals surface area contributed by atoms with Crippen LogP contribution in [-0.4, -0.2) is 16.7 Å². The average Bonchev–Trinajstić information content (AvgIpc) is 2.44. The number of carbonyl (C=O) groups is 1. The van der Waals surface area contributed by atoms with Gasteiger partial charge < -0.3 is 5.11 Å². The van der Waals surface area contributed by atoms with E-state index in [4.69, 9.17) is 5.11 Å². The molecule has 0 saturated carbocycles. The minimum absolute atomic E-state index is 0.326. The van der Waals surface area contributed by atoms with Crippen molar-refractivity contribution in [2.45, 2.75) is 11.6 Å². The van der Waals surface area contributed by atoms with Crippen LogP contribution >= 0.6 is 0 Å². The van der Waals surface area contributed by atoms with Crippen LogP contribution in [0.4, 0.5) is 22.0 Å². The summed E-state index contributed by atoms with van der Waals surface area (Å²) in [5.74, 6) is -14.1. The highest BCUT2D eigenvalue weighted by molar-refractivity contribution is 5.84. The van der Waals surface area contributed by atoms with Crippen molar-refractivity contribution in [3.63, 3.8) is 0 Å². The summed E-state index contributed by atoms with van der Waals surface area (Å²) < 4.78 is 68.0. The molecule has 7 heteroatoms. The lowest BCUT2D eigenvalue weighted by Gasteiger charge is -2.31. The topological polar surface area (TPSA) is 37.3 Å². The predicted molar refractivity (Wildman–Crippen MR) is 59.1 cm³/mol. The Kier molecular flexibility index (Phi) is 3.37. The van der Waals surface area contributed by atoms with Gasteiger partial charge >= 0.3 is 5.97 Å². The number of carboxylic acid groups (broad SMARTS) is 1. The fourth-order valence-electron chi connectivity index (χ4n) is 2.03. The van der Waals surface area contributed by atoms with Crippen LogP contribution in [0, 0.1) is 0 Å². The van der Waals surface area contributed by atoms with Gasteiger partial charge in [-0.05, 0) is 5.56 Å². The fourth-order valence-corrected chi connectivity index (χ4v) is 2.03. The maximum Gasteiger partial charge on any atom is 0.349 e. The van der Waals surface area contributed by atoms with E-state index < -0.39 is 40.9 Å². The Morgan fingerprint density at radius 2 is 1.60 bits per heavy atom. The van der Waals surface area contributed by atoms with Crippen LogP contribution in [0.15, 0.2) is 53.6 Å². The van der Waals surface area contributed by atoms with Crippen molar-refractivity contribution in [2.75, 3.05) is 0 Å². The number of benzene rings is 1. The summed E-state index contributed by atoms with van der Waals surface area (Å²) in [7, 11) is 0. The van der Waals surface area contributed by atoms with E-state index in [-0.39, 0.29) is 5.56 Å². The normalized spacial score (nSPS) is 26.9. The number of halogens is 5. The Bertz CT molecular complexity index is 623. The van der Waals surface area contributed by atoms with Gasteiger partial charge in [0, 0.05) is 0 Å². The fraction of sp³-hybridized carbons (Fsp3) is 0.154. The van der Waals surface area contributed by atoms with Gasteiger partial charge in [-0.3, -0.25) is 0 Å². The highest BCUT2D eigenvalue weighted by atomic mass is 19.2. The average molecular weight is 290 g/mol.